The van der Waals surface area contributed by atoms with Crippen molar-refractivity contribution in [1.82, 2.24) is 15.0 Å². The number of H-pyrrole nitrogens is 1. The number of benzene rings is 1. The summed E-state index contributed by atoms with van der Waals surface area (Å²) in [5, 5.41) is 0.365. The zero-order valence-electron chi connectivity index (χ0n) is 15.0. The highest BCUT2D eigenvalue weighted by atomic mass is 32.2. The normalized spacial score (nSPS) is 12.2. The Hall–Kier alpha value is -2.74. The topological polar surface area (TPSA) is 94.2 Å². The first-order valence-electron chi connectivity index (χ1n) is 7.94. The average molecular weight is 373 g/mol. The highest BCUT2D eigenvalue weighted by Crippen LogP contribution is 2.26. The largest absolute Gasteiger partial charge is 0.497 e. The molecule has 1 N–H and O–H groups in total. The van der Waals surface area contributed by atoms with E-state index in [0.29, 0.717) is 33.4 Å². The number of rotatable bonds is 5. The molecule has 0 aliphatic heterocycles. The number of hydrogen-bond donors (Lipinski definition) is 1. The molecule has 0 saturated carbocycles. The highest BCUT2D eigenvalue weighted by Gasteiger charge is 2.17. The average Bonchev–Trinajstić information content (AvgIpc) is 3.04. The number of esters is 1. The molecule has 0 aliphatic carbocycles. The van der Waals surface area contributed by atoms with Crippen LogP contribution in [0, 0.1) is 13.8 Å². The van der Waals surface area contributed by atoms with Crippen LogP contribution in [0.25, 0.3) is 11.0 Å². The third-order valence-electron chi connectivity index (χ3n) is 3.94. The van der Waals surface area contributed by atoms with E-state index in [1.54, 1.807) is 38.4 Å². The summed E-state index contributed by atoms with van der Waals surface area (Å²) in [7, 11) is 0.163. The summed E-state index contributed by atoms with van der Waals surface area (Å²) in [5.74, 6) is 0.923. The lowest BCUT2D eigenvalue weighted by molar-refractivity contribution is -0.131. The molecule has 136 valence electrons. The van der Waals surface area contributed by atoms with Gasteiger partial charge in [0.05, 0.1) is 40.4 Å². The molecule has 0 unspecified atom stereocenters. The number of nitrogens with zero attached hydrogens (tertiary/aromatic N) is 2. The minimum Gasteiger partial charge on any atom is -0.497 e. The SMILES string of the molecule is COc1ccc2nc([S@@](=O)Cc3ncc(C)c(OC(C)=O)c3C)[nH]c2c1. The summed E-state index contributed by atoms with van der Waals surface area (Å²) in [6.07, 6.45) is 1.61. The molecule has 0 aliphatic rings. The first-order chi connectivity index (χ1) is 12.4. The predicted octanol–water partition coefficient (Wildman–Crippen LogP) is 2.82. The van der Waals surface area contributed by atoms with E-state index in [0.717, 1.165) is 11.1 Å². The summed E-state index contributed by atoms with van der Waals surface area (Å²) >= 11 is 0. The van der Waals surface area contributed by atoms with Crippen molar-refractivity contribution in [3.63, 3.8) is 0 Å². The number of carbonyl (C=O) groups is 1. The van der Waals surface area contributed by atoms with Crippen molar-refractivity contribution in [2.45, 2.75) is 31.7 Å². The second kappa shape index (κ2) is 7.25. The van der Waals surface area contributed by atoms with Crippen molar-refractivity contribution in [3.8, 4) is 11.5 Å². The quantitative estimate of drug-likeness (QED) is 0.691. The van der Waals surface area contributed by atoms with Gasteiger partial charge >= 0.3 is 5.97 Å². The summed E-state index contributed by atoms with van der Waals surface area (Å²) < 4.78 is 23.2. The van der Waals surface area contributed by atoms with Gasteiger partial charge in [-0.25, -0.2) is 4.98 Å². The fourth-order valence-corrected chi connectivity index (χ4v) is 3.70. The number of aryl methyl sites for hydroxylation is 1. The van der Waals surface area contributed by atoms with E-state index in [1.165, 1.54) is 6.92 Å². The van der Waals surface area contributed by atoms with Crippen LogP contribution in [0.4, 0.5) is 0 Å². The van der Waals surface area contributed by atoms with Crippen LogP contribution in [0.3, 0.4) is 0 Å². The minimum absolute atomic E-state index is 0.164. The third kappa shape index (κ3) is 3.60. The van der Waals surface area contributed by atoms with E-state index in [1.807, 2.05) is 6.92 Å². The van der Waals surface area contributed by atoms with Crippen LogP contribution in [0.5, 0.6) is 11.5 Å². The molecule has 8 heteroatoms. The number of nitrogens with one attached hydrogen (secondary N) is 1. The number of ether oxygens (including phenoxy) is 2. The van der Waals surface area contributed by atoms with E-state index >= 15 is 0 Å². The number of fused-ring (bicyclic) bond motifs is 1. The molecular weight excluding hydrogens is 354 g/mol. The van der Waals surface area contributed by atoms with Gasteiger partial charge in [-0.05, 0) is 26.0 Å². The molecule has 0 amide bonds. The molecule has 1 aromatic carbocycles. The number of aromatic nitrogens is 3. The highest BCUT2D eigenvalue weighted by molar-refractivity contribution is 7.84. The van der Waals surface area contributed by atoms with Crippen LogP contribution in [0.15, 0.2) is 29.6 Å². The Labute approximate surface area is 153 Å². The van der Waals surface area contributed by atoms with Crippen LogP contribution in [0.1, 0.15) is 23.7 Å². The third-order valence-corrected chi connectivity index (χ3v) is 5.10. The summed E-state index contributed by atoms with van der Waals surface area (Å²) in [4.78, 5) is 23.1. The van der Waals surface area contributed by atoms with Crippen LogP contribution >= 0.6 is 0 Å². The number of carbonyl (C=O) groups excluding carboxylic acids is 1. The first kappa shape index (κ1) is 18.1. The van der Waals surface area contributed by atoms with Crippen LogP contribution in [-0.2, 0) is 21.3 Å². The van der Waals surface area contributed by atoms with Crippen molar-refractivity contribution in [2.24, 2.45) is 0 Å². The first-order valence-corrected chi connectivity index (χ1v) is 9.26. The van der Waals surface area contributed by atoms with Gasteiger partial charge in [0.15, 0.2) is 5.16 Å². The van der Waals surface area contributed by atoms with Gasteiger partial charge in [0, 0.05) is 30.3 Å². The fraction of sp³-hybridized carbons (Fsp3) is 0.278. The van der Waals surface area contributed by atoms with E-state index in [-0.39, 0.29) is 5.75 Å². The number of hydrogen-bond acceptors (Lipinski definition) is 6. The van der Waals surface area contributed by atoms with E-state index < -0.39 is 16.8 Å². The lowest BCUT2D eigenvalue weighted by Gasteiger charge is -2.12. The molecule has 2 heterocycles. The van der Waals surface area contributed by atoms with Crippen molar-refractivity contribution in [2.75, 3.05) is 7.11 Å². The monoisotopic (exact) mass is 373 g/mol. The standard InChI is InChI=1S/C18H19N3O4S/c1-10-8-19-16(11(2)17(10)25-12(3)22)9-26(23)18-20-14-6-5-13(24-4)7-15(14)21-18/h5-8H,9H2,1-4H3,(H,20,21)/t26-/m0/s1. The van der Waals surface area contributed by atoms with Gasteiger partial charge in [-0.1, -0.05) is 0 Å². The Bertz CT molecular complexity index is 1010. The molecule has 0 radical (unpaired) electrons. The number of imidazole rings is 1. The van der Waals surface area contributed by atoms with E-state index in [9.17, 15) is 9.00 Å². The van der Waals surface area contributed by atoms with Crippen molar-refractivity contribution in [1.29, 1.82) is 0 Å². The Morgan fingerprint density at radius 2 is 2.08 bits per heavy atom. The Morgan fingerprint density at radius 1 is 1.31 bits per heavy atom. The Balaban J connectivity index is 1.89. The molecule has 3 aromatic rings. The predicted molar refractivity (Wildman–Crippen MR) is 97.8 cm³/mol. The molecule has 1 atom stereocenters. The Kier molecular flexibility index (Phi) is 5.03. The van der Waals surface area contributed by atoms with Gasteiger partial charge in [-0.2, -0.15) is 0 Å². The maximum Gasteiger partial charge on any atom is 0.308 e. The molecule has 7 nitrogen and oxygen atoms in total. The molecule has 0 saturated heterocycles. The van der Waals surface area contributed by atoms with Crippen molar-refractivity contribution < 1.29 is 18.5 Å². The number of pyridine rings is 1. The van der Waals surface area contributed by atoms with Crippen LogP contribution in [-0.4, -0.2) is 32.2 Å². The van der Waals surface area contributed by atoms with Crippen LogP contribution in [0.2, 0.25) is 0 Å². The molecular formula is C18H19N3O4S. The maximum absolute atomic E-state index is 12.7. The zero-order valence-corrected chi connectivity index (χ0v) is 15.8. The Morgan fingerprint density at radius 3 is 2.77 bits per heavy atom. The molecule has 3 rings (SSSR count). The van der Waals surface area contributed by atoms with Crippen molar-refractivity contribution >= 4 is 27.8 Å². The minimum atomic E-state index is -1.42. The van der Waals surface area contributed by atoms with E-state index in [4.69, 9.17) is 9.47 Å². The summed E-state index contributed by atoms with van der Waals surface area (Å²) in [6.45, 7) is 4.96. The van der Waals surface area contributed by atoms with E-state index in [2.05, 4.69) is 15.0 Å². The molecule has 0 bridgehead atoms. The number of aromatic amines is 1. The molecule has 0 spiro atoms. The summed E-state index contributed by atoms with van der Waals surface area (Å²) in [6, 6.07) is 5.41. The fourth-order valence-electron chi connectivity index (χ4n) is 2.60. The molecule has 26 heavy (non-hydrogen) atoms. The lowest BCUT2D eigenvalue weighted by Crippen LogP contribution is -2.09. The number of methoxy groups -OCH3 is 1. The zero-order chi connectivity index (χ0) is 18.8. The lowest BCUT2D eigenvalue weighted by atomic mass is 10.1. The molecule has 0 fully saturated rings. The van der Waals surface area contributed by atoms with Gasteiger partial charge in [0.2, 0.25) is 0 Å². The second-order valence-electron chi connectivity index (χ2n) is 5.85. The molecule has 2 aromatic heterocycles. The van der Waals surface area contributed by atoms with Crippen molar-refractivity contribution in [3.05, 3.63) is 41.2 Å². The van der Waals surface area contributed by atoms with Gasteiger partial charge in [0.1, 0.15) is 11.5 Å². The van der Waals surface area contributed by atoms with Gasteiger partial charge < -0.3 is 14.5 Å². The second-order valence-corrected chi connectivity index (χ2v) is 7.22. The van der Waals surface area contributed by atoms with Crippen LogP contribution < -0.4 is 9.47 Å². The van der Waals surface area contributed by atoms with Gasteiger partial charge in [-0.15, -0.1) is 0 Å². The smallest absolute Gasteiger partial charge is 0.308 e. The maximum atomic E-state index is 12.7. The van der Waals surface area contributed by atoms with Gasteiger partial charge in [0.25, 0.3) is 0 Å². The summed E-state index contributed by atoms with van der Waals surface area (Å²) in [5.41, 5.74) is 3.52. The van der Waals surface area contributed by atoms with Gasteiger partial charge in [-0.3, -0.25) is 14.0 Å².